The first kappa shape index (κ1) is 13.9. The van der Waals surface area contributed by atoms with Crippen LogP contribution in [0.3, 0.4) is 0 Å². The zero-order valence-corrected chi connectivity index (χ0v) is 12.1. The fourth-order valence-corrected chi connectivity index (χ4v) is 2.12. The smallest absolute Gasteiger partial charge is 0.255 e. The highest BCUT2D eigenvalue weighted by molar-refractivity contribution is 5.88. The quantitative estimate of drug-likeness (QED) is 0.797. The summed E-state index contributed by atoms with van der Waals surface area (Å²) < 4.78 is 16.3. The average Bonchev–Trinajstić information content (AvgIpc) is 2.56. The molecular weight excluding hydrogens is 284 g/mol. The van der Waals surface area contributed by atoms with E-state index in [0.717, 1.165) is 5.39 Å². The number of benzene rings is 1. The fourth-order valence-electron chi connectivity index (χ4n) is 2.12. The molecule has 0 fully saturated rings. The Morgan fingerprint density at radius 1 is 0.864 bits per heavy atom. The van der Waals surface area contributed by atoms with Crippen molar-refractivity contribution in [3.8, 4) is 28.9 Å². The summed E-state index contributed by atoms with van der Waals surface area (Å²) in [5, 5.41) is 10.5. The highest BCUT2D eigenvalue weighted by atomic mass is 16.5. The molecule has 0 bridgehead atoms. The lowest BCUT2D eigenvalue weighted by atomic mass is 10.2. The predicted octanol–water partition coefficient (Wildman–Crippen LogP) is 3.14. The van der Waals surface area contributed by atoms with E-state index >= 15 is 0 Å². The van der Waals surface area contributed by atoms with Crippen LogP contribution in [-0.4, -0.2) is 29.3 Å². The van der Waals surface area contributed by atoms with Gasteiger partial charge in [-0.25, -0.2) is 4.98 Å². The van der Waals surface area contributed by atoms with Gasteiger partial charge in [0.25, 0.3) is 5.88 Å². The van der Waals surface area contributed by atoms with Crippen molar-refractivity contribution in [1.29, 1.82) is 0 Å². The highest BCUT2D eigenvalue weighted by Crippen LogP contribution is 2.37. The molecule has 0 spiro atoms. The lowest BCUT2D eigenvalue weighted by Crippen LogP contribution is -1.93. The van der Waals surface area contributed by atoms with Crippen molar-refractivity contribution in [2.75, 3.05) is 14.2 Å². The molecule has 1 N–H and O–H groups in total. The zero-order valence-electron chi connectivity index (χ0n) is 12.1. The Bertz CT molecular complexity index is 820. The molecule has 22 heavy (non-hydrogen) atoms. The van der Waals surface area contributed by atoms with E-state index in [0.29, 0.717) is 22.8 Å². The summed E-state index contributed by atoms with van der Waals surface area (Å²) in [5.41, 5.74) is 0.693. The normalized spacial score (nSPS) is 10.5. The van der Waals surface area contributed by atoms with Gasteiger partial charge >= 0.3 is 0 Å². The van der Waals surface area contributed by atoms with Gasteiger partial charge in [0, 0.05) is 23.8 Å². The van der Waals surface area contributed by atoms with Gasteiger partial charge < -0.3 is 19.3 Å². The van der Waals surface area contributed by atoms with Gasteiger partial charge in [0.05, 0.1) is 19.7 Å². The Balaban J connectivity index is 2.12. The van der Waals surface area contributed by atoms with E-state index in [1.165, 1.54) is 6.20 Å². The van der Waals surface area contributed by atoms with Crippen LogP contribution in [0.15, 0.2) is 42.7 Å². The number of aromatic hydroxyl groups is 1. The van der Waals surface area contributed by atoms with E-state index in [9.17, 15) is 5.11 Å². The summed E-state index contributed by atoms with van der Waals surface area (Å²) in [6.45, 7) is 0. The van der Waals surface area contributed by atoms with Crippen molar-refractivity contribution in [2.24, 2.45) is 0 Å². The van der Waals surface area contributed by atoms with Gasteiger partial charge in [-0.15, -0.1) is 0 Å². The Kier molecular flexibility index (Phi) is 3.65. The molecule has 0 aliphatic rings. The van der Waals surface area contributed by atoms with Crippen molar-refractivity contribution >= 4 is 10.9 Å². The van der Waals surface area contributed by atoms with Gasteiger partial charge in [0.2, 0.25) is 0 Å². The average molecular weight is 298 g/mol. The van der Waals surface area contributed by atoms with Crippen LogP contribution in [-0.2, 0) is 0 Å². The lowest BCUT2D eigenvalue weighted by Gasteiger charge is -2.12. The molecule has 3 aromatic rings. The summed E-state index contributed by atoms with van der Waals surface area (Å²) in [6, 6.07) is 8.58. The van der Waals surface area contributed by atoms with Gasteiger partial charge in [-0.2, -0.15) is 0 Å². The molecule has 0 atom stereocenters. The molecule has 0 radical (unpaired) electrons. The second-order valence-corrected chi connectivity index (χ2v) is 4.46. The van der Waals surface area contributed by atoms with E-state index in [4.69, 9.17) is 14.2 Å². The minimum Gasteiger partial charge on any atom is -0.493 e. The van der Waals surface area contributed by atoms with Crippen LogP contribution in [0.5, 0.6) is 28.9 Å². The van der Waals surface area contributed by atoms with Gasteiger partial charge in [0.15, 0.2) is 17.2 Å². The molecule has 0 amide bonds. The maximum Gasteiger partial charge on any atom is 0.255 e. The van der Waals surface area contributed by atoms with Crippen LogP contribution >= 0.6 is 0 Å². The monoisotopic (exact) mass is 298 g/mol. The molecule has 0 saturated heterocycles. The largest absolute Gasteiger partial charge is 0.493 e. The Hall–Kier alpha value is -3.02. The van der Waals surface area contributed by atoms with Crippen molar-refractivity contribution in [3.63, 3.8) is 0 Å². The molecule has 3 rings (SSSR count). The Labute approximate surface area is 126 Å². The van der Waals surface area contributed by atoms with Crippen LogP contribution in [0.2, 0.25) is 0 Å². The van der Waals surface area contributed by atoms with Crippen LogP contribution < -0.4 is 14.2 Å². The predicted molar refractivity (Wildman–Crippen MR) is 80.8 cm³/mol. The maximum atomic E-state index is 9.73. The zero-order chi connectivity index (χ0) is 15.5. The van der Waals surface area contributed by atoms with E-state index in [-0.39, 0.29) is 11.6 Å². The third-order valence-corrected chi connectivity index (χ3v) is 3.18. The number of fused-ring (bicyclic) bond motifs is 1. The first-order valence-electron chi connectivity index (χ1n) is 6.55. The van der Waals surface area contributed by atoms with Crippen LogP contribution in [0.4, 0.5) is 0 Å². The minimum atomic E-state index is -0.173. The number of methoxy groups -OCH3 is 2. The maximum absolute atomic E-state index is 9.73. The third-order valence-electron chi connectivity index (χ3n) is 3.18. The van der Waals surface area contributed by atoms with Gasteiger partial charge in [-0.3, -0.25) is 4.98 Å². The first-order valence-corrected chi connectivity index (χ1v) is 6.55. The van der Waals surface area contributed by atoms with Crippen molar-refractivity contribution in [2.45, 2.75) is 0 Å². The number of hydrogen-bond donors (Lipinski definition) is 1. The van der Waals surface area contributed by atoms with E-state index < -0.39 is 0 Å². The summed E-state index contributed by atoms with van der Waals surface area (Å²) in [7, 11) is 3.13. The lowest BCUT2D eigenvalue weighted by molar-refractivity contribution is 0.355. The summed E-state index contributed by atoms with van der Waals surface area (Å²) >= 11 is 0. The number of pyridine rings is 2. The third kappa shape index (κ3) is 2.46. The van der Waals surface area contributed by atoms with E-state index in [2.05, 4.69) is 9.97 Å². The number of nitrogens with zero attached hydrogens (tertiary/aromatic N) is 2. The summed E-state index contributed by atoms with van der Waals surface area (Å²) in [4.78, 5) is 8.08. The number of rotatable bonds is 4. The molecular formula is C16H14N2O4. The Morgan fingerprint density at radius 3 is 2.36 bits per heavy atom. The molecule has 2 aromatic heterocycles. The molecule has 0 saturated carbocycles. The number of hydrogen-bond acceptors (Lipinski definition) is 6. The van der Waals surface area contributed by atoms with Crippen LogP contribution in [0, 0.1) is 0 Å². The highest BCUT2D eigenvalue weighted by Gasteiger charge is 2.12. The van der Waals surface area contributed by atoms with Gasteiger partial charge in [-0.1, -0.05) is 0 Å². The number of aromatic nitrogens is 2. The topological polar surface area (TPSA) is 73.7 Å². The number of ether oxygens (including phenoxy) is 3. The standard InChI is InChI=1S/C16H14N2O4/c1-20-14-8-10-11(9-15(14)21-2)17-7-5-12(10)22-13-4-3-6-18-16(13)19/h3-9H,1-2H3,(H,18,19). The van der Waals surface area contributed by atoms with E-state index in [1.54, 1.807) is 50.7 Å². The van der Waals surface area contributed by atoms with Crippen molar-refractivity contribution in [1.82, 2.24) is 9.97 Å². The molecule has 0 aliphatic heterocycles. The van der Waals surface area contributed by atoms with Gasteiger partial charge in [0.1, 0.15) is 5.75 Å². The van der Waals surface area contributed by atoms with E-state index in [1.807, 2.05) is 0 Å². The summed E-state index contributed by atoms with van der Waals surface area (Å²) in [6.07, 6.45) is 3.11. The SMILES string of the molecule is COc1cc2nccc(Oc3cccnc3O)c2cc1OC. The molecule has 1 aromatic carbocycles. The molecule has 0 aliphatic carbocycles. The first-order chi connectivity index (χ1) is 10.7. The second-order valence-electron chi connectivity index (χ2n) is 4.46. The van der Waals surface area contributed by atoms with Crippen LogP contribution in [0.25, 0.3) is 10.9 Å². The molecule has 2 heterocycles. The summed E-state index contributed by atoms with van der Waals surface area (Å²) in [5.74, 6) is 1.79. The molecule has 6 nitrogen and oxygen atoms in total. The fraction of sp³-hybridized carbons (Fsp3) is 0.125. The second kappa shape index (κ2) is 5.77. The minimum absolute atomic E-state index is 0.173. The Morgan fingerprint density at radius 2 is 1.64 bits per heavy atom. The van der Waals surface area contributed by atoms with Gasteiger partial charge in [-0.05, 0) is 24.3 Å². The molecule has 6 heteroatoms. The van der Waals surface area contributed by atoms with Crippen molar-refractivity contribution in [3.05, 3.63) is 42.7 Å². The molecule has 112 valence electrons. The van der Waals surface area contributed by atoms with Crippen molar-refractivity contribution < 1.29 is 19.3 Å². The van der Waals surface area contributed by atoms with Crippen LogP contribution in [0.1, 0.15) is 0 Å². The molecule has 0 unspecified atom stereocenters.